The molecule has 2 amide bonds. The third-order valence-corrected chi connectivity index (χ3v) is 3.56. The van der Waals surface area contributed by atoms with Gasteiger partial charge in [-0.1, -0.05) is 0 Å². The maximum Gasteiger partial charge on any atom is 0.319 e. The lowest BCUT2D eigenvalue weighted by molar-refractivity contribution is 0.249. The van der Waals surface area contributed by atoms with E-state index in [9.17, 15) is 4.79 Å². The maximum atomic E-state index is 12.1. The number of ether oxygens (including phenoxy) is 2. The number of hydrogen-bond donors (Lipinski definition) is 2. The zero-order chi connectivity index (χ0) is 16.1. The molecule has 2 heterocycles. The van der Waals surface area contributed by atoms with Crippen LogP contribution in [0, 0.1) is 0 Å². The maximum absolute atomic E-state index is 12.1. The van der Waals surface area contributed by atoms with Gasteiger partial charge in [0.05, 0.1) is 19.3 Å². The molecule has 1 aromatic heterocycles. The van der Waals surface area contributed by atoms with E-state index in [4.69, 9.17) is 9.47 Å². The van der Waals surface area contributed by atoms with E-state index >= 15 is 0 Å². The smallest absolute Gasteiger partial charge is 0.319 e. The van der Waals surface area contributed by atoms with Gasteiger partial charge in [0.25, 0.3) is 0 Å². The van der Waals surface area contributed by atoms with E-state index in [0.717, 1.165) is 12.0 Å². The molecule has 2 N–H and O–H groups in total. The Hall–Kier alpha value is -2.76. The summed E-state index contributed by atoms with van der Waals surface area (Å²) in [5.41, 5.74) is 1.66. The highest BCUT2D eigenvalue weighted by Gasteiger charge is 2.13. The lowest BCUT2D eigenvalue weighted by Crippen LogP contribution is -2.31. The molecule has 6 heteroatoms. The number of nitrogens with one attached hydrogen (secondary N) is 2. The normalized spacial score (nSPS) is 14.5. The van der Waals surface area contributed by atoms with Gasteiger partial charge in [0.1, 0.15) is 0 Å². The Morgan fingerprint density at radius 3 is 2.65 bits per heavy atom. The van der Waals surface area contributed by atoms with Gasteiger partial charge in [0, 0.05) is 30.6 Å². The van der Waals surface area contributed by atoms with Crippen molar-refractivity contribution in [2.45, 2.75) is 19.4 Å². The van der Waals surface area contributed by atoms with E-state index in [1.165, 1.54) is 0 Å². The van der Waals surface area contributed by atoms with Crippen LogP contribution in [0.15, 0.2) is 42.7 Å². The molecule has 0 spiro atoms. The Labute approximate surface area is 134 Å². The second-order valence-corrected chi connectivity index (χ2v) is 5.31. The lowest BCUT2D eigenvalue weighted by atomic mass is 10.1. The molecule has 0 bridgehead atoms. The molecular weight excluding hydrogens is 294 g/mol. The summed E-state index contributed by atoms with van der Waals surface area (Å²) in [6, 6.07) is 8.74. The highest BCUT2D eigenvalue weighted by molar-refractivity contribution is 5.89. The van der Waals surface area contributed by atoms with Crippen molar-refractivity contribution in [2.24, 2.45) is 0 Å². The Bertz CT molecular complexity index is 676. The highest BCUT2D eigenvalue weighted by Crippen LogP contribution is 2.32. The molecule has 3 rings (SSSR count). The first-order chi connectivity index (χ1) is 11.2. The van der Waals surface area contributed by atoms with Gasteiger partial charge in [0.2, 0.25) is 0 Å². The van der Waals surface area contributed by atoms with Crippen molar-refractivity contribution in [3.63, 3.8) is 0 Å². The monoisotopic (exact) mass is 313 g/mol. The molecule has 0 fully saturated rings. The van der Waals surface area contributed by atoms with E-state index in [1.54, 1.807) is 24.5 Å². The van der Waals surface area contributed by atoms with Crippen molar-refractivity contribution >= 4 is 11.7 Å². The standard InChI is InChI=1S/C17H19N3O3/c1-12(13-5-7-18-8-6-13)19-17(21)20-14-3-4-15-16(11-14)23-10-2-9-22-15/h3-8,11-12H,2,9-10H2,1H3,(H2,19,20,21). The van der Waals surface area contributed by atoms with Crippen LogP contribution in [0.2, 0.25) is 0 Å². The number of carbonyl (C=O) groups excluding carboxylic acids is 1. The molecule has 0 saturated heterocycles. The van der Waals surface area contributed by atoms with Crippen molar-refractivity contribution in [1.82, 2.24) is 10.3 Å². The van der Waals surface area contributed by atoms with E-state index < -0.39 is 0 Å². The van der Waals surface area contributed by atoms with Gasteiger partial charge in [0.15, 0.2) is 11.5 Å². The molecule has 2 aromatic rings. The number of benzene rings is 1. The first-order valence-corrected chi connectivity index (χ1v) is 7.59. The zero-order valence-corrected chi connectivity index (χ0v) is 12.9. The van der Waals surface area contributed by atoms with Crippen molar-refractivity contribution in [3.05, 3.63) is 48.3 Å². The Kier molecular flexibility index (Phi) is 4.61. The molecule has 0 saturated carbocycles. The minimum absolute atomic E-state index is 0.113. The largest absolute Gasteiger partial charge is 0.490 e. The molecule has 120 valence electrons. The van der Waals surface area contributed by atoms with E-state index in [1.807, 2.05) is 25.1 Å². The Morgan fingerprint density at radius 2 is 1.87 bits per heavy atom. The fourth-order valence-electron chi connectivity index (χ4n) is 2.34. The Balaban J connectivity index is 1.63. The number of anilines is 1. The van der Waals surface area contributed by atoms with Gasteiger partial charge in [-0.2, -0.15) is 0 Å². The predicted octanol–water partition coefficient (Wildman–Crippen LogP) is 3.13. The van der Waals surface area contributed by atoms with Crippen LogP contribution < -0.4 is 20.1 Å². The summed E-state index contributed by atoms with van der Waals surface area (Å²) in [6.07, 6.45) is 4.26. The molecule has 0 aliphatic carbocycles. The topological polar surface area (TPSA) is 72.5 Å². The molecule has 1 atom stereocenters. The Morgan fingerprint density at radius 1 is 1.13 bits per heavy atom. The second-order valence-electron chi connectivity index (χ2n) is 5.31. The minimum Gasteiger partial charge on any atom is -0.490 e. The number of urea groups is 1. The predicted molar refractivity (Wildman–Crippen MR) is 86.9 cm³/mol. The average molecular weight is 313 g/mol. The van der Waals surface area contributed by atoms with Crippen molar-refractivity contribution in [3.8, 4) is 11.5 Å². The third-order valence-electron chi connectivity index (χ3n) is 3.56. The molecule has 1 unspecified atom stereocenters. The van der Waals surface area contributed by atoms with Crippen molar-refractivity contribution < 1.29 is 14.3 Å². The molecule has 23 heavy (non-hydrogen) atoms. The first-order valence-electron chi connectivity index (χ1n) is 7.59. The van der Waals surface area contributed by atoms with Crippen molar-refractivity contribution in [1.29, 1.82) is 0 Å². The summed E-state index contributed by atoms with van der Waals surface area (Å²) in [5.74, 6) is 1.36. The summed E-state index contributed by atoms with van der Waals surface area (Å²) < 4.78 is 11.2. The van der Waals surface area contributed by atoms with Gasteiger partial charge in [-0.3, -0.25) is 4.98 Å². The third kappa shape index (κ3) is 3.91. The summed E-state index contributed by atoms with van der Waals surface area (Å²) >= 11 is 0. The molecular formula is C17H19N3O3. The fraction of sp³-hybridized carbons (Fsp3) is 0.294. The minimum atomic E-state index is -0.274. The van der Waals surface area contributed by atoms with Crippen LogP contribution in [0.4, 0.5) is 10.5 Å². The number of rotatable bonds is 3. The number of hydrogen-bond acceptors (Lipinski definition) is 4. The van der Waals surface area contributed by atoms with Crippen LogP contribution >= 0.6 is 0 Å². The van der Waals surface area contributed by atoms with Crippen LogP contribution in [-0.2, 0) is 0 Å². The second kappa shape index (κ2) is 7.00. The van der Waals surface area contributed by atoms with Gasteiger partial charge >= 0.3 is 6.03 Å². The van der Waals surface area contributed by atoms with E-state index in [0.29, 0.717) is 30.4 Å². The van der Waals surface area contributed by atoms with Crippen molar-refractivity contribution in [2.75, 3.05) is 18.5 Å². The lowest BCUT2D eigenvalue weighted by Gasteiger charge is -2.15. The van der Waals surface area contributed by atoms with Gasteiger partial charge < -0.3 is 20.1 Å². The van der Waals surface area contributed by atoms with Gasteiger partial charge in [-0.15, -0.1) is 0 Å². The first kappa shape index (κ1) is 15.1. The summed E-state index contributed by atoms with van der Waals surface area (Å²) in [4.78, 5) is 16.1. The van der Waals surface area contributed by atoms with Crippen LogP contribution in [-0.4, -0.2) is 24.2 Å². The number of aromatic nitrogens is 1. The zero-order valence-electron chi connectivity index (χ0n) is 12.9. The van der Waals surface area contributed by atoms with Gasteiger partial charge in [-0.05, 0) is 36.8 Å². The number of nitrogens with zero attached hydrogens (tertiary/aromatic N) is 1. The van der Waals surface area contributed by atoms with Crippen LogP contribution in [0.25, 0.3) is 0 Å². The molecule has 1 aromatic carbocycles. The summed E-state index contributed by atoms with van der Waals surface area (Å²) in [7, 11) is 0. The quantitative estimate of drug-likeness (QED) is 0.913. The molecule has 0 radical (unpaired) electrons. The summed E-state index contributed by atoms with van der Waals surface area (Å²) in [5, 5.41) is 5.70. The molecule has 1 aliphatic rings. The van der Waals surface area contributed by atoms with E-state index in [-0.39, 0.29) is 12.1 Å². The van der Waals surface area contributed by atoms with E-state index in [2.05, 4.69) is 15.6 Å². The number of amides is 2. The molecule has 1 aliphatic heterocycles. The number of pyridine rings is 1. The highest BCUT2D eigenvalue weighted by atomic mass is 16.5. The molecule has 6 nitrogen and oxygen atoms in total. The van der Waals surface area contributed by atoms with Crippen LogP contribution in [0.3, 0.4) is 0 Å². The number of fused-ring (bicyclic) bond motifs is 1. The average Bonchev–Trinajstić information content (AvgIpc) is 2.80. The number of carbonyl (C=O) groups is 1. The fourth-order valence-corrected chi connectivity index (χ4v) is 2.34. The van der Waals surface area contributed by atoms with Gasteiger partial charge in [-0.25, -0.2) is 4.79 Å². The van der Waals surface area contributed by atoms with Crippen LogP contribution in [0.5, 0.6) is 11.5 Å². The SMILES string of the molecule is CC(NC(=O)Nc1ccc2c(c1)OCCCO2)c1ccncc1. The van der Waals surface area contributed by atoms with Crippen LogP contribution in [0.1, 0.15) is 24.9 Å². The summed E-state index contributed by atoms with van der Waals surface area (Å²) in [6.45, 7) is 3.17.